The van der Waals surface area contributed by atoms with Crippen molar-refractivity contribution in [3.8, 4) is 22.8 Å². The second kappa shape index (κ2) is 8.74. The number of furan rings is 1. The van der Waals surface area contributed by atoms with E-state index in [4.69, 9.17) is 25.5 Å². The number of carbonyl (C=O) groups is 1. The summed E-state index contributed by atoms with van der Waals surface area (Å²) in [6.07, 6.45) is 0. The number of hydrogen-bond donors (Lipinski definition) is 0. The Kier molecular flexibility index (Phi) is 5.77. The highest BCUT2D eigenvalue weighted by molar-refractivity contribution is 7.89. The first-order chi connectivity index (χ1) is 15.9. The minimum absolute atomic E-state index is 0.144. The third kappa shape index (κ3) is 4.31. The highest BCUT2D eigenvalue weighted by Crippen LogP contribution is 2.33. The highest BCUT2D eigenvalue weighted by atomic mass is 35.5. The number of carbonyl (C=O) groups excluding carboxylic acids is 1. The summed E-state index contributed by atoms with van der Waals surface area (Å²) in [6.45, 7) is 1.72. The Labute approximate surface area is 196 Å². The van der Waals surface area contributed by atoms with Crippen molar-refractivity contribution in [3.05, 3.63) is 65.4 Å². The molecule has 10 heteroatoms. The van der Waals surface area contributed by atoms with Crippen molar-refractivity contribution in [2.45, 2.75) is 4.90 Å². The van der Waals surface area contributed by atoms with Crippen molar-refractivity contribution in [3.63, 3.8) is 0 Å². The lowest BCUT2D eigenvalue weighted by Gasteiger charge is -2.33. The molecule has 0 atom stereocenters. The summed E-state index contributed by atoms with van der Waals surface area (Å²) >= 11 is 5.92. The second-order valence-electron chi connectivity index (χ2n) is 7.67. The second-order valence-corrected chi connectivity index (χ2v) is 10.0. The minimum Gasteiger partial charge on any atom is -0.486 e. The number of amides is 1. The first-order valence-electron chi connectivity index (χ1n) is 10.5. The lowest BCUT2D eigenvalue weighted by Crippen LogP contribution is -2.50. The van der Waals surface area contributed by atoms with E-state index in [-0.39, 0.29) is 42.7 Å². The Hall–Kier alpha value is -3.01. The number of piperazine rings is 1. The molecule has 33 heavy (non-hydrogen) atoms. The van der Waals surface area contributed by atoms with Crippen molar-refractivity contribution >= 4 is 27.5 Å². The molecule has 0 bridgehead atoms. The van der Waals surface area contributed by atoms with E-state index in [0.29, 0.717) is 35.5 Å². The minimum atomic E-state index is -3.72. The third-order valence-corrected chi connectivity index (χ3v) is 7.77. The predicted octanol–water partition coefficient (Wildman–Crippen LogP) is 3.52. The van der Waals surface area contributed by atoms with Crippen LogP contribution < -0.4 is 9.47 Å². The van der Waals surface area contributed by atoms with Crippen molar-refractivity contribution in [1.29, 1.82) is 0 Å². The largest absolute Gasteiger partial charge is 0.486 e. The van der Waals surface area contributed by atoms with Gasteiger partial charge in [-0.1, -0.05) is 11.6 Å². The molecule has 2 aromatic carbocycles. The number of hydrogen-bond acceptors (Lipinski definition) is 6. The van der Waals surface area contributed by atoms with E-state index in [0.717, 1.165) is 5.56 Å². The van der Waals surface area contributed by atoms with E-state index < -0.39 is 10.0 Å². The average Bonchev–Trinajstić information content (AvgIpc) is 3.34. The van der Waals surface area contributed by atoms with Gasteiger partial charge in [0.2, 0.25) is 10.0 Å². The zero-order chi connectivity index (χ0) is 23.0. The average molecular weight is 489 g/mol. The van der Waals surface area contributed by atoms with E-state index in [1.54, 1.807) is 35.2 Å². The van der Waals surface area contributed by atoms with Gasteiger partial charge in [-0.15, -0.1) is 0 Å². The predicted molar refractivity (Wildman–Crippen MR) is 121 cm³/mol. The number of ether oxygens (including phenoxy) is 2. The van der Waals surface area contributed by atoms with Crippen LogP contribution in [-0.2, 0) is 10.0 Å². The maximum absolute atomic E-state index is 13.1. The molecule has 1 amide bonds. The fraction of sp³-hybridized carbons (Fsp3) is 0.261. The zero-order valence-corrected chi connectivity index (χ0v) is 19.1. The third-order valence-electron chi connectivity index (χ3n) is 5.62. The molecule has 0 spiro atoms. The van der Waals surface area contributed by atoms with Gasteiger partial charge in [0.15, 0.2) is 17.3 Å². The molecule has 3 heterocycles. The van der Waals surface area contributed by atoms with Crippen molar-refractivity contribution in [2.75, 3.05) is 39.4 Å². The van der Waals surface area contributed by atoms with E-state index in [2.05, 4.69) is 0 Å². The quantitative estimate of drug-likeness (QED) is 0.558. The van der Waals surface area contributed by atoms with Crippen LogP contribution in [0.25, 0.3) is 11.3 Å². The van der Waals surface area contributed by atoms with E-state index >= 15 is 0 Å². The molecular weight excluding hydrogens is 468 g/mol. The number of sulfonamides is 1. The lowest BCUT2D eigenvalue weighted by molar-refractivity contribution is 0.0667. The molecule has 1 fully saturated rings. The topological polar surface area (TPSA) is 89.3 Å². The molecule has 0 N–H and O–H groups in total. The highest BCUT2D eigenvalue weighted by Gasteiger charge is 2.32. The van der Waals surface area contributed by atoms with Crippen LogP contribution >= 0.6 is 11.6 Å². The molecular formula is C23H21ClN2O6S. The fourth-order valence-corrected chi connectivity index (χ4v) is 5.41. The lowest BCUT2D eigenvalue weighted by atomic mass is 10.2. The summed E-state index contributed by atoms with van der Waals surface area (Å²) in [5.41, 5.74) is 0.814. The smallest absolute Gasteiger partial charge is 0.289 e. The SMILES string of the molecule is O=C(c1ccc(-c2ccc(Cl)cc2)o1)N1CCN(S(=O)(=O)c2ccc3c(c2)OCCO3)CC1. The van der Waals surface area contributed by atoms with Crippen LogP contribution in [0.2, 0.25) is 5.02 Å². The van der Waals surface area contributed by atoms with Crippen LogP contribution in [0.4, 0.5) is 0 Å². The van der Waals surface area contributed by atoms with Gasteiger partial charge in [-0.3, -0.25) is 4.79 Å². The molecule has 8 nitrogen and oxygen atoms in total. The van der Waals surface area contributed by atoms with Gasteiger partial charge < -0.3 is 18.8 Å². The molecule has 2 aliphatic rings. The van der Waals surface area contributed by atoms with Gasteiger partial charge in [0.25, 0.3) is 5.91 Å². The molecule has 1 aromatic heterocycles. The normalized spacial score (nSPS) is 16.6. The first kappa shape index (κ1) is 21.8. The van der Waals surface area contributed by atoms with Crippen LogP contribution in [0.3, 0.4) is 0 Å². The molecule has 0 unspecified atom stereocenters. The van der Waals surface area contributed by atoms with Gasteiger partial charge in [-0.2, -0.15) is 4.31 Å². The molecule has 172 valence electrons. The maximum Gasteiger partial charge on any atom is 0.289 e. The van der Waals surface area contributed by atoms with Gasteiger partial charge in [-0.05, 0) is 48.5 Å². The molecule has 0 aliphatic carbocycles. The molecule has 3 aromatic rings. The number of nitrogens with zero attached hydrogens (tertiary/aromatic N) is 2. The monoisotopic (exact) mass is 488 g/mol. The standard InChI is InChI=1S/C23H21ClN2O6S/c24-17-3-1-16(2-4-17)19-7-8-21(32-19)23(27)25-9-11-26(12-10-25)33(28,29)18-5-6-20-22(15-18)31-14-13-30-20/h1-8,15H,9-14H2. The van der Waals surface area contributed by atoms with E-state index in [1.807, 2.05) is 12.1 Å². The Bertz CT molecular complexity index is 1280. The summed E-state index contributed by atoms with van der Waals surface area (Å²) in [6, 6.07) is 15.1. The van der Waals surface area contributed by atoms with Gasteiger partial charge in [0.1, 0.15) is 19.0 Å². The van der Waals surface area contributed by atoms with Crippen LogP contribution in [0.1, 0.15) is 10.6 Å². The van der Waals surface area contributed by atoms with Crippen molar-refractivity contribution < 1.29 is 27.1 Å². The Morgan fingerprint density at radius 3 is 2.27 bits per heavy atom. The number of benzene rings is 2. The Morgan fingerprint density at radius 1 is 0.848 bits per heavy atom. The van der Waals surface area contributed by atoms with Crippen molar-refractivity contribution in [2.24, 2.45) is 0 Å². The van der Waals surface area contributed by atoms with Crippen molar-refractivity contribution in [1.82, 2.24) is 9.21 Å². The van der Waals surface area contributed by atoms with Crippen LogP contribution in [0.15, 0.2) is 63.9 Å². The Balaban J connectivity index is 1.25. The van der Waals surface area contributed by atoms with Gasteiger partial charge in [0, 0.05) is 42.8 Å². The summed E-state index contributed by atoms with van der Waals surface area (Å²) in [5, 5.41) is 0.616. The summed E-state index contributed by atoms with van der Waals surface area (Å²) in [5.74, 6) is 1.46. The summed E-state index contributed by atoms with van der Waals surface area (Å²) in [4.78, 5) is 14.6. The number of halogens is 1. The molecule has 0 radical (unpaired) electrons. The number of rotatable bonds is 4. The fourth-order valence-electron chi connectivity index (χ4n) is 3.84. The molecule has 2 aliphatic heterocycles. The van der Waals surface area contributed by atoms with E-state index in [1.165, 1.54) is 16.4 Å². The van der Waals surface area contributed by atoms with Gasteiger partial charge >= 0.3 is 0 Å². The number of fused-ring (bicyclic) bond motifs is 1. The summed E-state index contributed by atoms with van der Waals surface area (Å²) < 4.78 is 44.3. The Morgan fingerprint density at radius 2 is 1.55 bits per heavy atom. The van der Waals surface area contributed by atoms with Gasteiger partial charge in [-0.25, -0.2) is 8.42 Å². The van der Waals surface area contributed by atoms with E-state index in [9.17, 15) is 13.2 Å². The van der Waals surface area contributed by atoms with Crippen LogP contribution in [-0.4, -0.2) is 62.9 Å². The van der Waals surface area contributed by atoms with Crippen LogP contribution in [0, 0.1) is 0 Å². The van der Waals surface area contributed by atoms with Crippen LogP contribution in [0.5, 0.6) is 11.5 Å². The molecule has 5 rings (SSSR count). The molecule has 0 saturated carbocycles. The van der Waals surface area contributed by atoms with Gasteiger partial charge in [0.05, 0.1) is 4.90 Å². The first-order valence-corrected chi connectivity index (χ1v) is 12.3. The zero-order valence-electron chi connectivity index (χ0n) is 17.6. The maximum atomic E-state index is 13.1. The molecule has 1 saturated heterocycles. The summed E-state index contributed by atoms with van der Waals surface area (Å²) in [7, 11) is -3.72.